The maximum absolute atomic E-state index is 12.9. The van der Waals surface area contributed by atoms with E-state index in [-0.39, 0.29) is 18.0 Å². The molecular formula is C20H16FN3O2. The highest BCUT2D eigenvalue weighted by atomic mass is 19.1. The highest BCUT2D eigenvalue weighted by molar-refractivity contribution is 5.77. The number of rotatable bonds is 4. The van der Waals surface area contributed by atoms with Crippen molar-refractivity contribution in [3.8, 4) is 11.4 Å². The molecule has 0 aliphatic carbocycles. The monoisotopic (exact) mass is 349 g/mol. The molecule has 0 saturated carbocycles. The van der Waals surface area contributed by atoms with Crippen LogP contribution in [0.4, 0.5) is 4.39 Å². The summed E-state index contributed by atoms with van der Waals surface area (Å²) in [5, 5.41) is 0. The molecule has 130 valence electrons. The van der Waals surface area contributed by atoms with Crippen molar-refractivity contribution in [3.05, 3.63) is 88.9 Å². The van der Waals surface area contributed by atoms with Gasteiger partial charge in [-0.1, -0.05) is 12.1 Å². The Kier molecular flexibility index (Phi) is 4.01. The van der Waals surface area contributed by atoms with Gasteiger partial charge >= 0.3 is 0 Å². The Bertz CT molecular complexity index is 1130. The van der Waals surface area contributed by atoms with Crippen LogP contribution >= 0.6 is 0 Å². The van der Waals surface area contributed by atoms with Crippen molar-refractivity contribution in [2.24, 2.45) is 7.05 Å². The second-order valence-electron chi connectivity index (χ2n) is 6.01. The topological polar surface area (TPSA) is 49.0 Å². The van der Waals surface area contributed by atoms with Crippen molar-refractivity contribution in [1.82, 2.24) is 14.1 Å². The van der Waals surface area contributed by atoms with Crippen LogP contribution in [0.3, 0.4) is 0 Å². The number of fused-ring (bicyclic) bond motifs is 1. The molecule has 6 heteroatoms. The Hall–Kier alpha value is -3.41. The summed E-state index contributed by atoms with van der Waals surface area (Å²) in [4.78, 5) is 16.7. The molecule has 4 rings (SSSR count). The third kappa shape index (κ3) is 3.09. The Labute approximate surface area is 148 Å². The maximum atomic E-state index is 12.9. The molecule has 0 unspecified atom stereocenters. The maximum Gasteiger partial charge on any atom is 0.258 e. The van der Waals surface area contributed by atoms with E-state index in [1.165, 1.54) is 18.2 Å². The molecule has 0 bridgehead atoms. The highest BCUT2D eigenvalue weighted by Gasteiger charge is 2.06. The van der Waals surface area contributed by atoms with E-state index in [0.717, 1.165) is 22.3 Å². The molecule has 2 aromatic heterocycles. The Morgan fingerprint density at radius 3 is 2.65 bits per heavy atom. The number of pyridine rings is 1. The number of aryl methyl sites for hydroxylation is 1. The summed E-state index contributed by atoms with van der Waals surface area (Å²) in [5.74, 6) is 0.180. The van der Waals surface area contributed by atoms with Gasteiger partial charge in [0.05, 0.1) is 23.0 Å². The molecule has 0 N–H and O–H groups in total. The van der Waals surface area contributed by atoms with Gasteiger partial charge in [-0.2, -0.15) is 0 Å². The molecule has 0 fully saturated rings. The van der Waals surface area contributed by atoms with Crippen LogP contribution in [0.15, 0.2) is 71.9 Å². The molecule has 4 aromatic rings. The summed E-state index contributed by atoms with van der Waals surface area (Å²) >= 11 is 0. The molecule has 26 heavy (non-hydrogen) atoms. The average Bonchev–Trinajstić information content (AvgIpc) is 3.02. The van der Waals surface area contributed by atoms with Crippen LogP contribution in [0.1, 0.15) is 5.56 Å². The smallest absolute Gasteiger partial charge is 0.258 e. The van der Waals surface area contributed by atoms with Gasteiger partial charge in [0.25, 0.3) is 5.56 Å². The average molecular weight is 349 g/mol. The van der Waals surface area contributed by atoms with Crippen LogP contribution in [0.25, 0.3) is 16.7 Å². The van der Waals surface area contributed by atoms with Crippen molar-refractivity contribution in [2.45, 2.75) is 6.61 Å². The SMILES string of the molecule is Cn1cnc2ccc(-n3ccc(OCc4ccc(F)cc4)cc3=O)cc21. The second-order valence-corrected chi connectivity index (χ2v) is 6.01. The number of imidazole rings is 1. The van der Waals surface area contributed by atoms with Crippen LogP contribution < -0.4 is 10.3 Å². The molecule has 0 radical (unpaired) electrons. The summed E-state index contributed by atoms with van der Waals surface area (Å²) in [6.45, 7) is 0.269. The predicted molar refractivity (Wildman–Crippen MR) is 97.0 cm³/mol. The Balaban J connectivity index is 1.57. The van der Waals surface area contributed by atoms with E-state index in [9.17, 15) is 9.18 Å². The minimum atomic E-state index is -0.290. The predicted octanol–water partition coefficient (Wildman–Crippen LogP) is 3.44. The number of hydrogen-bond donors (Lipinski definition) is 0. The number of aromatic nitrogens is 3. The molecule has 2 aromatic carbocycles. The molecule has 2 heterocycles. The van der Waals surface area contributed by atoms with Gasteiger partial charge in [0.15, 0.2) is 0 Å². The summed E-state index contributed by atoms with van der Waals surface area (Å²) < 4.78 is 22.0. The molecule has 5 nitrogen and oxygen atoms in total. The van der Waals surface area contributed by atoms with Crippen molar-refractivity contribution < 1.29 is 9.13 Å². The van der Waals surface area contributed by atoms with Gasteiger partial charge in [-0.05, 0) is 42.0 Å². The normalized spacial score (nSPS) is 11.0. The third-order valence-corrected chi connectivity index (χ3v) is 4.20. The van der Waals surface area contributed by atoms with Crippen LogP contribution in [-0.4, -0.2) is 14.1 Å². The number of ether oxygens (including phenoxy) is 1. The number of hydrogen-bond acceptors (Lipinski definition) is 3. The summed E-state index contributed by atoms with van der Waals surface area (Å²) in [6.07, 6.45) is 3.42. The van der Waals surface area contributed by atoms with Crippen molar-refractivity contribution in [1.29, 1.82) is 0 Å². The minimum absolute atomic E-state index is 0.192. The molecule has 0 aliphatic heterocycles. The first-order chi connectivity index (χ1) is 12.6. The minimum Gasteiger partial charge on any atom is -0.489 e. The number of halogens is 1. The Morgan fingerprint density at radius 1 is 1.08 bits per heavy atom. The van der Waals surface area contributed by atoms with E-state index < -0.39 is 0 Å². The van der Waals surface area contributed by atoms with E-state index in [0.29, 0.717) is 5.75 Å². The van der Waals surface area contributed by atoms with E-state index in [1.54, 1.807) is 35.3 Å². The van der Waals surface area contributed by atoms with E-state index >= 15 is 0 Å². The van der Waals surface area contributed by atoms with Crippen molar-refractivity contribution >= 4 is 11.0 Å². The first kappa shape index (κ1) is 16.1. The number of nitrogens with zero attached hydrogens (tertiary/aromatic N) is 3. The first-order valence-corrected chi connectivity index (χ1v) is 8.11. The summed E-state index contributed by atoms with van der Waals surface area (Å²) in [6, 6.07) is 14.9. The van der Waals surface area contributed by atoms with Crippen LogP contribution in [0.5, 0.6) is 5.75 Å². The van der Waals surface area contributed by atoms with Crippen LogP contribution in [0, 0.1) is 5.82 Å². The lowest BCUT2D eigenvalue weighted by Gasteiger charge is -2.09. The summed E-state index contributed by atoms with van der Waals surface area (Å²) in [7, 11) is 1.91. The van der Waals surface area contributed by atoms with Gasteiger partial charge < -0.3 is 9.30 Å². The fourth-order valence-corrected chi connectivity index (χ4v) is 2.78. The zero-order valence-electron chi connectivity index (χ0n) is 14.1. The van der Waals surface area contributed by atoms with Crippen molar-refractivity contribution in [3.63, 3.8) is 0 Å². The lowest BCUT2D eigenvalue weighted by atomic mass is 10.2. The molecule has 0 atom stereocenters. The zero-order valence-corrected chi connectivity index (χ0v) is 14.1. The van der Waals surface area contributed by atoms with Gasteiger partial charge in [0, 0.05) is 19.3 Å². The lowest BCUT2D eigenvalue weighted by Crippen LogP contribution is -2.16. The fraction of sp³-hybridized carbons (Fsp3) is 0.100. The standard InChI is InChI=1S/C20H16FN3O2/c1-23-13-22-18-7-6-16(10-19(18)23)24-9-8-17(11-20(24)25)26-12-14-2-4-15(21)5-3-14/h2-11,13H,12H2,1H3. The molecule has 0 saturated heterocycles. The quantitative estimate of drug-likeness (QED) is 0.567. The van der Waals surface area contributed by atoms with E-state index in [4.69, 9.17) is 4.74 Å². The Morgan fingerprint density at radius 2 is 1.88 bits per heavy atom. The first-order valence-electron chi connectivity index (χ1n) is 8.11. The highest BCUT2D eigenvalue weighted by Crippen LogP contribution is 2.17. The van der Waals surface area contributed by atoms with Crippen LogP contribution in [-0.2, 0) is 13.7 Å². The van der Waals surface area contributed by atoms with Gasteiger partial charge in [0.1, 0.15) is 18.2 Å². The van der Waals surface area contributed by atoms with Gasteiger partial charge in [-0.15, -0.1) is 0 Å². The van der Waals surface area contributed by atoms with E-state index in [2.05, 4.69) is 4.98 Å². The largest absolute Gasteiger partial charge is 0.489 e. The van der Waals surface area contributed by atoms with E-state index in [1.807, 2.05) is 29.8 Å². The zero-order chi connectivity index (χ0) is 18.1. The lowest BCUT2D eigenvalue weighted by molar-refractivity contribution is 0.305. The fourth-order valence-electron chi connectivity index (χ4n) is 2.78. The molecule has 0 aliphatic rings. The van der Waals surface area contributed by atoms with Crippen molar-refractivity contribution in [2.75, 3.05) is 0 Å². The second kappa shape index (κ2) is 6.48. The molecular weight excluding hydrogens is 333 g/mol. The van der Waals surface area contributed by atoms with Gasteiger partial charge in [-0.3, -0.25) is 9.36 Å². The van der Waals surface area contributed by atoms with Crippen LogP contribution in [0.2, 0.25) is 0 Å². The van der Waals surface area contributed by atoms with Gasteiger partial charge in [-0.25, -0.2) is 9.37 Å². The van der Waals surface area contributed by atoms with Gasteiger partial charge in [0.2, 0.25) is 0 Å². The third-order valence-electron chi connectivity index (χ3n) is 4.20. The summed E-state index contributed by atoms with van der Waals surface area (Å²) in [5.41, 5.74) is 3.23. The number of benzene rings is 2. The molecule has 0 spiro atoms. The molecule has 0 amide bonds.